The Bertz CT molecular complexity index is 1580. The number of allylic oxidation sites excluding steroid dienone is 1. The number of hydrogen-bond donors (Lipinski definition) is 0. The van der Waals surface area contributed by atoms with Gasteiger partial charge in [0.05, 0.1) is 23.1 Å². The van der Waals surface area contributed by atoms with E-state index >= 15 is 0 Å². The van der Waals surface area contributed by atoms with Crippen molar-refractivity contribution in [2.75, 3.05) is 0 Å². The summed E-state index contributed by atoms with van der Waals surface area (Å²) in [6.07, 6.45) is 1.97. The molecule has 0 bridgehead atoms. The molecule has 0 fully saturated rings. The van der Waals surface area contributed by atoms with Crippen molar-refractivity contribution in [2.24, 2.45) is 0 Å². The van der Waals surface area contributed by atoms with Crippen LogP contribution in [0.2, 0.25) is 0 Å². The fourth-order valence-corrected chi connectivity index (χ4v) is 5.20. The molecule has 3 nitrogen and oxygen atoms in total. The predicted molar refractivity (Wildman–Crippen MR) is 138 cm³/mol. The van der Waals surface area contributed by atoms with Gasteiger partial charge in [-0.25, -0.2) is 9.13 Å². The zero-order valence-electron chi connectivity index (χ0n) is 18.8. The topological polar surface area (TPSA) is 13.7 Å². The molecule has 0 amide bonds. The Morgan fingerprint density at radius 3 is 1.91 bits per heavy atom. The molecular weight excluding hydrogens is 402 g/mol. The number of fused-ring (bicyclic) bond motifs is 4. The molecule has 160 valence electrons. The summed E-state index contributed by atoms with van der Waals surface area (Å²) in [4.78, 5) is 0. The first kappa shape index (κ1) is 19.6. The summed E-state index contributed by atoms with van der Waals surface area (Å²) >= 11 is 0. The SMILES string of the molecule is C=CC[n+]1c(-c2ccc(-n3c4ccccc4c4ccccc43)cc2)n(CC)c2ccccc21. The monoisotopic (exact) mass is 428 g/mol. The van der Waals surface area contributed by atoms with Gasteiger partial charge in [0.15, 0.2) is 11.0 Å². The Balaban J connectivity index is 1.56. The van der Waals surface area contributed by atoms with Gasteiger partial charge in [0, 0.05) is 16.5 Å². The van der Waals surface area contributed by atoms with Crippen molar-refractivity contribution in [1.29, 1.82) is 0 Å². The zero-order chi connectivity index (χ0) is 22.4. The summed E-state index contributed by atoms with van der Waals surface area (Å²) in [5, 5.41) is 2.57. The standard InChI is InChI=1S/C30H26N3/c1-3-21-32-29-16-10-9-15-28(29)31(4-2)30(32)22-17-19-23(20-18-22)33-26-13-7-5-11-24(26)25-12-6-8-14-27(25)33/h3,5-20H,1,4,21H2,2H3/q+1. The molecule has 0 N–H and O–H groups in total. The largest absolute Gasteiger partial charge is 0.309 e. The third-order valence-electron chi connectivity index (χ3n) is 6.57. The Morgan fingerprint density at radius 2 is 1.30 bits per heavy atom. The Hall–Kier alpha value is -4.11. The molecule has 0 aliphatic rings. The molecule has 2 aromatic heterocycles. The normalized spacial score (nSPS) is 11.5. The van der Waals surface area contributed by atoms with Crippen molar-refractivity contribution in [3.05, 3.63) is 110 Å². The summed E-state index contributed by atoms with van der Waals surface area (Å²) in [5.74, 6) is 1.22. The van der Waals surface area contributed by atoms with Crippen LogP contribution in [0.3, 0.4) is 0 Å². The van der Waals surface area contributed by atoms with Crippen LogP contribution >= 0.6 is 0 Å². The number of aryl methyl sites for hydroxylation is 1. The van der Waals surface area contributed by atoms with Crippen LogP contribution in [0.25, 0.3) is 49.9 Å². The molecule has 0 unspecified atom stereocenters. The predicted octanol–water partition coefficient (Wildman–Crippen LogP) is 6.90. The summed E-state index contributed by atoms with van der Waals surface area (Å²) in [6, 6.07) is 34.9. The smallest absolute Gasteiger partial charge is 0.290 e. The van der Waals surface area contributed by atoms with Gasteiger partial charge >= 0.3 is 0 Å². The zero-order valence-corrected chi connectivity index (χ0v) is 18.8. The van der Waals surface area contributed by atoms with Crippen LogP contribution in [0.15, 0.2) is 110 Å². The number of aromatic nitrogens is 3. The first-order valence-electron chi connectivity index (χ1n) is 11.5. The van der Waals surface area contributed by atoms with E-state index < -0.39 is 0 Å². The van der Waals surface area contributed by atoms with Gasteiger partial charge in [-0.2, -0.15) is 0 Å². The van der Waals surface area contributed by atoms with Crippen molar-refractivity contribution in [2.45, 2.75) is 20.0 Å². The summed E-state index contributed by atoms with van der Waals surface area (Å²) in [5.41, 5.74) is 7.33. The van der Waals surface area contributed by atoms with E-state index in [-0.39, 0.29) is 0 Å². The van der Waals surface area contributed by atoms with E-state index in [9.17, 15) is 0 Å². The van der Waals surface area contributed by atoms with Crippen LogP contribution in [0.4, 0.5) is 0 Å². The summed E-state index contributed by atoms with van der Waals surface area (Å²) in [7, 11) is 0. The molecule has 0 saturated carbocycles. The first-order valence-corrected chi connectivity index (χ1v) is 11.5. The molecule has 3 heteroatoms. The Labute approximate surface area is 193 Å². The average molecular weight is 429 g/mol. The highest BCUT2D eigenvalue weighted by Crippen LogP contribution is 2.32. The minimum Gasteiger partial charge on any atom is -0.309 e. The van der Waals surface area contributed by atoms with E-state index in [0.717, 1.165) is 13.1 Å². The minimum atomic E-state index is 0.775. The molecule has 0 aliphatic carbocycles. The molecule has 0 atom stereocenters. The second-order valence-corrected chi connectivity index (χ2v) is 8.37. The van der Waals surface area contributed by atoms with Crippen molar-refractivity contribution in [1.82, 2.24) is 9.13 Å². The van der Waals surface area contributed by atoms with Crippen LogP contribution in [-0.4, -0.2) is 9.13 Å². The number of para-hydroxylation sites is 4. The van der Waals surface area contributed by atoms with Crippen molar-refractivity contribution in [3.63, 3.8) is 0 Å². The van der Waals surface area contributed by atoms with Crippen molar-refractivity contribution in [3.8, 4) is 17.1 Å². The summed E-state index contributed by atoms with van der Waals surface area (Å²) in [6.45, 7) is 7.90. The lowest BCUT2D eigenvalue weighted by Gasteiger charge is -2.09. The molecule has 2 heterocycles. The van der Waals surface area contributed by atoms with Gasteiger partial charge in [-0.1, -0.05) is 61.2 Å². The van der Waals surface area contributed by atoms with Gasteiger partial charge in [-0.05, 0) is 55.5 Å². The van der Waals surface area contributed by atoms with E-state index in [1.807, 2.05) is 6.08 Å². The molecule has 6 aromatic rings. The van der Waals surface area contributed by atoms with Crippen LogP contribution < -0.4 is 4.57 Å². The first-order chi connectivity index (χ1) is 16.3. The van der Waals surface area contributed by atoms with Crippen LogP contribution in [-0.2, 0) is 13.1 Å². The second-order valence-electron chi connectivity index (χ2n) is 8.37. The lowest BCUT2D eigenvalue weighted by atomic mass is 10.1. The van der Waals surface area contributed by atoms with E-state index in [4.69, 9.17) is 0 Å². The molecule has 6 rings (SSSR count). The van der Waals surface area contributed by atoms with Crippen LogP contribution in [0.5, 0.6) is 0 Å². The lowest BCUT2D eigenvalue weighted by Crippen LogP contribution is -2.34. The van der Waals surface area contributed by atoms with Gasteiger partial charge in [-0.15, -0.1) is 0 Å². The molecule has 0 spiro atoms. The highest BCUT2D eigenvalue weighted by atomic mass is 15.2. The number of imidazole rings is 1. The van der Waals surface area contributed by atoms with Gasteiger partial charge in [0.25, 0.3) is 5.82 Å². The van der Waals surface area contributed by atoms with E-state index in [1.165, 1.54) is 49.9 Å². The molecule has 33 heavy (non-hydrogen) atoms. The highest BCUT2D eigenvalue weighted by molar-refractivity contribution is 6.09. The molecular formula is C30H26N3+. The molecule has 4 aromatic carbocycles. The maximum atomic E-state index is 4.00. The third-order valence-corrected chi connectivity index (χ3v) is 6.57. The van der Waals surface area contributed by atoms with Gasteiger partial charge in [-0.3, -0.25) is 0 Å². The van der Waals surface area contributed by atoms with Crippen LogP contribution in [0.1, 0.15) is 6.92 Å². The number of nitrogens with zero attached hydrogens (tertiary/aromatic N) is 3. The minimum absolute atomic E-state index is 0.775. The molecule has 0 radical (unpaired) electrons. The van der Waals surface area contributed by atoms with E-state index in [2.05, 4.69) is 124 Å². The number of rotatable bonds is 5. The average Bonchev–Trinajstić information content (AvgIpc) is 3.37. The Kier molecular flexibility index (Phi) is 4.62. The highest BCUT2D eigenvalue weighted by Gasteiger charge is 2.24. The fraction of sp³-hybridized carbons (Fsp3) is 0.100. The van der Waals surface area contributed by atoms with Crippen molar-refractivity contribution >= 4 is 32.8 Å². The summed E-state index contributed by atoms with van der Waals surface area (Å²) < 4.78 is 7.12. The Morgan fingerprint density at radius 1 is 0.727 bits per heavy atom. The second kappa shape index (κ2) is 7.79. The quantitative estimate of drug-likeness (QED) is 0.209. The lowest BCUT2D eigenvalue weighted by molar-refractivity contribution is -0.650. The van der Waals surface area contributed by atoms with Crippen molar-refractivity contribution < 1.29 is 4.57 Å². The maximum absolute atomic E-state index is 4.00. The van der Waals surface area contributed by atoms with E-state index in [0.29, 0.717) is 0 Å². The number of benzene rings is 4. The van der Waals surface area contributed by atoms with E-state index in [1.54, 1.807) is 0 Å². The van der Waals surface area contributed by atoms with Gasteiger partial charge < -0.3 is 4.57 Å². The molecule has 0 saturated heterocycles. The fourth-order valence-electron chi connectivity index (χ4n) is 5.20. The van der Waals surface area contributed by atoms with Gasteiger partial charge in [0.1, 0.15) is 6.54 Å². The third kappa shape index (κ3) is 2.93. The maximum Gasteiger partial charge on any atom is 0.290 e. The van der Waals surface area contributed by atoms with Gasteiger partial charge in [0.2, 0.25) is 0 Å². The number of hydrogen-bond acceptors (Lipinski definition) is 0. The molecule has 0 aliphatic heterocycles. The van der Waals surface area contributed by atoms with Crippen LogP contribution in [0, 0.1) is 0 Å².